The highest BCUT2D eigenvalue weighted by Crippen LogP contribution is 2.24. The van der Waals surface area contributed by atoms with E-state index < -0.39 is 0 Å². The Morgan fingerprint density at radius 3 is 2.56 bits per heavy atom. The van der Waals surface area contributed by atoms with Gasteiger partial charge in [-0.1, -0.05) is 12.1 Å². The Labute approximate surface area is 200 Å². The summed E-state index contributed by atoms with van der Waals surface area (Å²) >= 11 is 0. The van der Waals surface area contributed by atoms with E-state index in [1.165, 1.54) is 12.8 Å². The molecule has 1 atom stereocenters. The van der Waals surface area contributed by atoms with E-state index in [4.69, 9.17) is 29.4 Å². The van der Waals surface area contributed by atoms with Crippen LogP contribution in [0.15, 0.2) is 30.3 Å². The van der Waals surface area contributed by atoms with Crippen molar-refractivity contribution in [3.05, 3.63) is 47.7 Å². The molecule has 2 aliphatic rings. The number of aromatic nitrogens is 4. The minimum absolute atomic E-state index is 0.145. The van der Waals surface area contributed by atoms with Gasteiger partial charge in [-0.25, -0.2) is 19.9 Å². The van der Waals surface area contributed by atoms with Gasteiger partial charge in [0.15, 0.2) is 17.9 Å². The standard InChI is InChI=1S/C26H32N6O2/c1-31(2)26-20-9-3-4-10-21(20)28-23(30-26)13-12-22-27-19(18-34-25-11-5-8-16-33-25)17-24(29-22)32-14-6-7-15-32/h3-4,9-10,12-13,17,25H,5-8,11,14-16,18H2,1-2H3. The number of hydrogen-bond donors (Lipinski definition) is 0. The Bertz CT molecular complexity index is 1150. The summed E-state index contributed by atoms with van der Waals surface area (Å²) in [6, 6.07) is 10.1. The monoisotopic (exact) mass is 460 g/mol. The molecule has 1 unspecified atom stereocenters. The molecule has 0 spiro atoms. The minimum atomic E-state index is -0.145. The van der Waals surface area contributed by atoms with Crippen LogP contribution in [0.5, 0.6) is 0 Å². The average Bonchev–Trinajstić information content (AvgIpc) is 3.41. The van der Waals surface area contributed by atoms with Crippen LogP contribution in [0.4, 0.5) is 11.6 Å². The molecule has 8 heteroatoms. The van der Waals surface area contributed by atoms with Crippen molar-refractivity contribution < 1.29 is 9.47 Å². The lowest BCUT2D eigenvalue weighted by atomic mass is 10.2. The fourth-order valence-corrected chi connectivity index (χ4v) is 4.42. The summed E-state index contributed by atoms with van der Waals surface area (Å²) in [5, 5.41) is 1.03. The van der Waals surface area contributed by atoms with Gasteiger partial charge in [-0.05, 0) is 56.4 Å². The van der Waals surface area contributed by atoms with Gasteiger partial charge in [0, 0.05) is 45.2 Å². The van der Waals surface area contributed by atoms with Crippen LogP contribution in [-0.2, 0) is 16.1 Å². The van der Waals surface area contributed by atoms with Gasteiger partial charge in [0.25, 0.3) is 0 Å². The number of nitrogens with zero attached hydrogens (tertiary/aromatic N) is 6. The van der Waals surface area contributed by atoms with E-state index in [-0.39, 0.29) is 6.29 Å². The second kappa shape index (κ2) is 10.4. The molecule has 0 radical (unpaired) electrons. The summed E-state index contributed by atoms with van der Waals surface area (Å²) in [6.45, 7) is 3.21. The van der Waals surface area contributed by atoms with Crippen LogP contribution in [0.3, 0.4) is 0 Å². The molecule has 0 aliphatic carbocycles. The van der Waals surface area contributed by atoms with E-state index in [1.807, 2.05) is 61.5 Å². The summed E-state index contributed by atoms with van der Waals surface area (Å²) in [4.78, 5) is 23.4. The van der Waals surface area contributed by atoms with Gasteiger partial charge in [0.2, 0.25) is 0 Å². The Balaban J connectivity index is 1.42. The first-order chi connectivity index (χ1) is 16.7. The molecule has 3 aromatic rings. The van der Waals surface area contributed by atoms with Crippen molar-refractivity contribution in [2.45, 2.75) is 45.0 Å². The number of ether oxygens (including phenoxy) is 2. The van der Waals surface area contributed by atoms with Gasteiger partial charge in [0.05, 0.1) is 17.8 Å². The van der Waals surface area contributed by atoms with Crippen LogP contribution in [0.2, 0.25) is 0 Å². The molecule has 0 N–H and O–H groups in total. The molecule has 2 saturated heterocycles. The summed E-state index contributed by atoms with van der Waals surface area (Å²) in [5.41, 5.74) is 1.77. The van der Waals surface area contributed by atoms with Crippen LogP contribution in [0.25, 0.3) is 23.1 Å². The summed E-state index contributed by atoms with van der Waals surface area (Å²) in [7, 11) is 3.99. The fraction of sp³-hybridized carbons (Fsp3) is 0.462. The van der Waals surface area contributed by atoms with E-state index in [2.05, 4.69) is 4.90 Å². The van der Waals surface area contributed by atoms with E-state index in [9.17, 15) is 0 Å². The van der Waals surface area contributed by atoms with Crippen molar-refractivity contribution in [1.29, 1.82) is 0 Å². The largest absolute Gasteiger partial charge is 0.362 e. The first-order valence-corrected chi connectivity index (χ1v) is 12.1. The molecule has 2 aromatic heterocycles. The number of fused-ring (bicyclic) bond motifs is 1. The van der Waals surface area contributed by atoms with Gasteiger partial charge in [-0.15, -0.1) is 0 Å². The molecule has 2 fully saturated rings. The van der Waals surface area contributed by atoms with Crippen LogP contribution >= 0.6 is 0 Å². The van der Waals surface area contributed by atoms with Crippen LogP contribution in [0, 0.1) is 0 Å². The molecule has 8 nitrogen and oxygen atoms in total. The molecular weight excluding hydrogens is 428 g/mol. The molecule has 0 amide bonds. The van der Waals surface area contributed by atoms with Gasteiger partial charge < -0.3 is 19.3 Å². The third-order valence-electron chi connectivity index (χ3n) is 6.17. The number of benzene rings is 1. The SMILES string of the molecule is CN(C)c1nc(C=Cc2nc(COC3CCCCO3)cc(N3CCCC3)n2)nc2ccccc12. The molecule has 178 valence electrons. The van der Waals surface area contributed by atoms with Crippen molar-refractivity contribution >= 4 is 34.7 Å². The molecule has 4 heterocycles. The maximum absolute atomic E-state index is 6.01. The van der Waals surface area contributed by atoms with E-state index in [1.54, 1.807) is 0 Å². The predicted octanol–water partition coefficient (Wildman–Crippen LogP) is 4.30. The third kappa shape index (κ3) is 5.34. The lowest BCUT2D eigenvalue weighted by Gasteiger charge is -2.23. The Morgan fingerprint density at radius 1 is 1.00 bits per heavy atom. The average molecular weight is 461 g/mol. The Morgan fingerprint density at radius 2 is 1.79 bits per heavy atom. The van der Waals surface area contributed by atoms with Crippen molar-refractivity contribution in [3.63, 3.8) is 0 Å². The number of rotatable bonds is 7. The second-order valence-corrected chi connectivity index (χ2v) is 9.03. The topological polar surface area (TPSA) is 76.5 Å². The van der Waals surface area contributed by atoms with Crippen LogP contribution in [0.1, 0.15) is 49.4 Å². The number of anilines is 2. The first kappa shape index (κ1) is 22.7. The highest BCUT2D eigenvalue weighted by molar-refractivity contribution is 5.90. The number of hydrogen-bond acceptors (Lipinski definition) is 8. The highest BCUT2D eigenvalue weighted by atomic mass is 16.7. The lowest BCUT2D eigenvalue weighted by molar-refractivity contribution is -0.169. The van der Waals surface area contributed by atoms with Gasteiger partial charge >= 0.3 is 0 Å². The zero-order chi connectivity index (χ0) is 23.3. The lowest BCUT2D eigenvalue weighted by Crippen LogP contribution is -2.23. The first-order valence-electron chi connectivity index (χ1n) is 12.1. The van der Waals surface area contributed by atoms with Gasteiger partial charge in [0.1, 0.15) is 11.6 Å². The quantitative estimate of drug-likeness (QED) is 0.517. The van der Waals surface area contributed by atoms with Gasteiger partial charge in [-0.3, -0.25) is 0 Å². The van der Waals surface area contributed by atoms with Crippen LogP contribution < -0.4 is 9.80 Å². The second-order valence-electron chi connectivity index (χ2n) is 9.03. The maximum atomic E-state index is 6.01. The summed E-state index contributed by atoms with van der Waals surface area (Å²) in [6.07, 6.45) is 9.19. The molecule has 0 bridgehead atoms. The minimum Gasteiger partial charge on any atom is -0.362 e. The molecular formula is C26H32N6O2. The normalized spacial score (nSPS) is 18.8. The van der Waals surface area contributed by atoms with Crippen molar-refractivity contribution in [3.8, 4) is 0 Å². The smallest absolute Gasteiger partial charge is 0.158 e. The fourth-order valence-electron chi connectivity index (χ4n) is 4.42. The van der Waals surface area contributed by atoms with Crippen molar-refractivity contribution in [2.75, 3.05) is 43.6 Å². The molecule has 34 heavy (non-hydrogen) atoms. The highest BCUT2D eigenvalue weighted by Gasteiger charge is 2.18. The Kier molecular flexibility index (Phi) is 6.97. The van der Waals surface area contributed by atoms with E-state index >= 15 is 0 Å². The van der Waals surface area contributed by atoms with Gasteiger partial charge in [-0.2, -0.15) is 0 Å². The molecule has 5 rings (SSSR count). The molecule has 2 aliphatic heterocycles. The predicted molar refractivity (Wildman–Crippen MR) is 135 cm³/mol. The zero-order valence-electron chi connectivity index (χ0n) is 20.0. The van der Waals surface area contributed by atoms with Crippen molar-refractivity contribution in [2.24, 2.45) is 0 Å². The van der Waals surface area contributed by atoms with Crippen LogP contribution in [-0.4, -0.2) is 60.0 Å². The van der Waals surface area contributed by atoms with E-state index in [0.29, 0.717) is 18.3 Å². The summed E-state index contributed by atoms with van der Waals surface area (Å²) < 4.78 is 11.7. The third-order valence-corrected chi connectivity index (χ3v) is 6.17. The summed E-state index contributed by atoms with van der Waals surface area (Å²) in [5.74, 6) is 3.10. The van der Waals surface area contributed by atoms with E-state index in [0.717, 1.165) is 67.2 Å². The Hall–Kier alpha value is -3.10. The zero-order valence-corrected chi connectivity index (χ0v) is 20.0. The molecule has 0 saturated carbocycles. The molecule has 1 aromatic carbocycles. The number of para-hydroxylation sites is 1. The van der Waals surface area contributed by atoms with Crippen molar-refractivity contribution in [1.82, 2.24) is 19.9 Å². The maximum Gasteiger partial charge on any atom is 0.158 e.